The molecule has 28 heavy (non-hydrogen) atoms. The van der Waals surface area contributed by atoms with Crippen LogP contribution >= 0.6 is 0 Å². The maximum Gasteiger partial charge on any atom is 0.318 e. The number of fused-ring (bicyclic) bond motifs is 1. The minimum Gasteiger partial charge on any atom is -0.342 e. The zero-order valence-electron chi connectivity index (χ0n) is 17.4. The predicted molar refractivity (Wildman–Crippen MR) is 108 cm³/mol. The Labute approximate surface area is 169 Å². The molecule has 0 aromatic carbocycles. The molecule has 156 valence electrons. The van der Waals surface area contributed by atoms with Crippen molar-refractivity contribution >= 4 is 11.9 Å². The van der Waals surface area contributed by atoms with E-state index in [2.05, 4.69) is 26.9 Å². The fourth-order valence-corrected chi connectivity index (χ4v) is 6.23. The van der Waals surface area contributed by atoms with Crippen molar-refractivity contribution in [3.8, 4) is 0 Å². The van der Waals surface area contributed by atoms with Crippen molar-refractivity contribution in [3.05, 3.63) is 0 Å². The molecule has 0 radical (unpaired) electrons. The summed E-state index contributed by atoms with van der Waals surface area (Å²) in [4.78, 5) is 32.0. The van der Waals surface area contributed by atoms with Crippen LogP contribution < -0.4 is 5.32 Å². The maximum absolute atomic E-state index is 12.6. The third-order valence-electron chi connectivity index (χ3n) is 8.33. The normalized spacial score (nSPS) is 34.2. The highest BCUT2D eigenvalue weighted by molar-refractivity contribution is 5.81. The molecular formula is C22H36N4O2. The first-order valence-electron chi connectivity index (χ1n) is 11.7. The van der Waals surface area contributed by atoms with Gasteiger partial charge in [-0.05, 0) is 58.3 Å². The van der Waals surface area contributed by atoms with Crippen molar-refractivity contribution in [1.29, 1.82) is 0 Å². The van der Waals surface area contributed by atoms with E-state index in [1.54, 1.807) is 0 Å². The number of hydrogen-bond acceptors (Lipinski definition) is 3. The highest BCUT2D eigenvalue weighted by atomic mass is 16.2. The summed E-state index contributed by atoms with van der Waals surface area (Å²) in [6, 6.07) is 1.42. The van der Waals surface area contributed by atoms with Crippen LogP contribution in [0.4, 0.5) is 4.79 Å². The minimum atomic E-state index is 0.188. The van der Waals surface area contributed by atoms with Crippen molar-refractivity contribution in [2.45, 2.75) is 94.8 Å². The van der Waals surface area contributed by atoms with Gasteiger partial charge in [-0.1, -0.05) is 12.8 Å². The Morgan fingerprint density at radius 1 is 0.964 bits per heavy atom. The molecule has 0 unspecified atom stereocenters. The highest BCUT2D eigenvalue weighted by Gasteiger charge is 2.46. The largest absolute Gasteiger partial charge is 0.342 e. The van der Waals surface area contributed by atoms with Gasteiger partial charge in [0.1, 0.15) is 0 Å². The monoisotopic (exact) mass is 388 g/mol. The number of hydrogen-bond donors (Lipinski definition) is 1. The second-order valence-electron chi connectivity index (χ2n) is 10.1. The summed E-state index contributed by atoms with van der Waals surface area (Å²) in [6.45, 7) is 6.40. The number of urea groups is 1. The third-order valence-corrected chi connectivity index (χ3v) is 8.33. The maximum atomic E-state index is 12.6. The van der Waals surface area contributed by atoms with Gasteiger partial charge in [0.25, 0.3) is 0 Å². The van der Waals surface area contributed by atoms with Crippen LogP contribution in [-0.2, 0) is 4.79 Å². The van der Waals surface area contributed by atoms with Crippen molar-refractivity contribution in [1.82, 2.24) is 20.0 Å². The Morgan fingerprint density at radius 2 is 1.64 bits per heavy atom. The summed E-state index contributed by atoms with van der Waals surface area (Å²) in [5, 5.41) is 3.25. The predicted octanol–water partition coefficient (Wildman–Crippen LogP) is 2.58. The first-order chi connectivity index (χ1) is 13.5. The molecule has 5 aliphatic rings. The van der Waals surface area contributed by atoms with Gasteiger partial charge < -0.3 is 15.1 Å². The summed E-state index contributed by atoms with van der Waals surface area (Å²) < 4.78 is 0. The summed E-state index contributed by atoms with van der Waals surface area (Å²) in [6.07, 6.45) is 11.4. The molecule has 3 saturated heterocycles. The zero-order valence-corrected chi connectivity index (χ0v) is 17.4. The van der Waals surface area contributed by atoms with Gasteiger partial charge >= 0.3 is 6.03 Å². The lowest BCUT2D eigenvalue weighted by Crippen LogP contribution is -2.59. The molecule has 3 amide bonds. The van der Waals surface area contributed by atoms with Gasteiger partial charge in [-0.3, -0.25) is 9.69 Å². The number of nitrogens with zero attached hydrogens (tertiary/aromatic N) is 3. The second kappa shape index (κ2) is 7.19. The van der Waals surface area contributed by atoms with Gasteiger partial charge in [-0.2, -0.15) is 0 Å². The number of carbonyl (C=O) groups excluding carboxylic acids is 2. The molecule has 3 aliphatic heterocycles. The van der Waals surface area contributed by atoms with E-state index in [1.165, 1.54) is 19.3 Å². The average molecular weight is 389 g/mol. The number of carbonyl (C=O) groups is 2. The van der Waals surface area contributed by atoms with Crippen molar-refractivity contribution in [2.75, 3.05) is 26.2 Å². The van der Waals surface area contributed by atoms with Crippen LogP contribution in [0.15, 0.2) is 0 Å². The Balaban J connectivity index is 1.16. The van der Waals surface area contributed by atoms with E-state index in [4.69, 9.17) is 0 Å². The molecule has 5 fully saturated rings. The van der Waals surface area contributed by atoms with Crippen molar-refractivity contribution in [2.24, 2.45) is 5.92 Å². The summed E-state index contributed by atoms with van der Waals surface area (Å²) >= 11 is 0. The zero-order chi connectivity index (χ0) is 19.3. The Hall–Kier alpha value is -1.30. The van der Waals surface area contributed by atoms with E-state index in [1.807, 2.05) is 0 Å². The van der Waals surface area contributed by atoms with Gasteiger partial charge in [-0.15, -0.1) is 0 Å². The van der Waals surface area contributed by atoms with Crippen LogP contribution in [0.5, 0.6) is 0 Å². The van der Waals surface area contributed by atoms with Gasteiger partial charge in [-0.25, -0.2) is 4.79 Å². The second-order valence-corrected chi connectivity index (χ2v) is 10.1. The van der Waals surface area contributed by atoms with Crippen molar-refractivity contribution in [3.63, 3.8) is 0 Å². The lowest BCUT2D eigenvalue weighted by molar-refractivity contribution is -0.135. The molecule has 6 nitrogen and oxygen atoms in total. The van der Waals surface area contributed by atoms with Crippen LogP contribution in [0.25, 0.3) is 0 Å². The Bertz CT molecular complexity index is 618. The molecule has 1 N–H and O–H groups in total. The molecule has 5 rings (SSSR count). The van der Waals surface area contributed by atoms with Gasteiger partial charge in [0.05, 0.1) is 12.1 Å². The van der Waals surface area contributed by atoms with E-state index >= 15 is 0 Å². The standard InChI is InChI=1S/C22H36N4O2/c1-22(10-14-24(15-11-22)20(27)16-6-7-16)25-12-8-17(9-13-25)26-19-5-3-2-4-18(19)23-21(26)28/h16-19H,2-15H2,1H3,(H,23,28)/t18-,19-/m0/s1. The molecule has 2 saturated carbocycles. The molecule has 0 aromatic heterocycles. The third kappa shape index (κ3) is 3.31. The quantitative estimate of drug-likeness (QED) is 0.808. The summed E-state index contributed by atoms with van der Waals surface area (Å²) in [5.74, 6) is 0.748. The van der Waals surface area contributed by atoms with Gasteiger partial charge in [0.2, 0.25) is 5.91 Å². The Kier molecular flexibility index (Phi) is 4.80. The SMILES string of the molecule is CC1(N2CCC(N3C(=O)N[C@H]4CCCC[C@@H]43)CC2)CCN(C(=O)C2CC2)CC1. The summed E-state index contributed by atoms with van der Waals surface area (Å²) in [5.41, 5.74) is 0.214. The summed E-state index contributed by atoms with van der Waals surface area (Å²) in [7, 11) is 0. The van der Waals surface area contributed by atoms with Crippen LogP contribution in [0.2, 0.25) is 0 Å². The Morgan fingerprint density at radius 3 is 2.32 bits per heavy atom. The van der Waals surface area contributed by atoms with Crippen LogP contribution in [0.1, 0.15) is 71.1 Å². The number of piperidine rings is 2. The molecule has 2 atom stereocenters. The van der Waals surface area contributed by atoms with E-state index < -0.39 is 0 Å². The number of likely N-dealkylation sites (tertiary alicyclic amines) is 2. The van der Waals surface area contributed by atoms with Gasteiger partial charge in [0, 0.05) is 43.7 Å². The molecule has 6 heteroatoms. The van der Waals surface area contributed by atoms with Gasteiger partial charge in [0.15, 0.2) is 0 Å². The number of amides is 3. The number of nitrogens with one attached hydrogen (secondary N) is 1. The number of rotatable bonds is 3. The highest BCUT2D eigenvalue weighted by Crippen LogP contribution is 2.37. The topological polar surface area (TPSA) is 55.9 Å². The van der Waals surface area contributed by atoms with Crippen molar-refractivity contribution < 1.29 is 9.59 Å². The molecule has 0 spiro atoms. The van der Waals surface area contributed by atoms with E-state index in [0.29, 0.717) is 30.0 Å². The molecule has 0 aromatic rings. The fraction of sp³-hybridized carbons (Fsp3) is 0.909. The molecule has 2 aliphatic carbocycles. The first kappa shape index (κ1) is 18.7. The van der Waals surface area contributed by atoms with E-state index in [0.717, 1.165) is 71.1 Å². The van der Waals surface area contributed by atoms with E-state index in [-0.39, 0.29) is 11.6 Å². The molecule has 0 bridgehead atoms. The minimum absolute atomic E-state index is 0.188. The lowest BCUT2D eigenvalue weighted by atomic mass is 9.84. The smallest absolute Gasteiger partial charge is 0.318 e. The van der Waals surface area contributed by atoms with Crippen LogP contribution in [0.3, 0.4) is 0 Å². The van der Waals surface area contributed by atoms with Crippen LogP contribution in [0, 0.1) is 5.92 Å². The lowest BCUT2D eigenvalue weighted by Gasteiger charge is -2.50. The first-order valence-corrected chi connectivity index (χ1v) is 11.7. The van der Waals surface area contributed by atoms with E-state index in [9.17, 15) is 9.59 Å². The average Bonchev–Trinajstić information content (AvgIpc) is 3.50. The molecular weight excluding hydrogens is 352 g/mol. The molecule has 3 heterocycles. The van der Waals surface area contributed by atoms with Crippen LogP contribution in [-0.4, -0.2) is 76.5 Å². The fourth-order valence-electron chi connectivity index (χ4n) is 6.23.